The van der Waals surface area contributed by atoms with Gasteiger partial charge in [0.15, 0.2) is 0 Å². The number of rotatable bonds is 7. The first-order valence-electron chi connectivity index (χ1n) is 10.1. The highest BCUT2D eigenvalue weighted by atomic mass is 31.2. The first-order valence-corrected chi connectivity index (χ1v) is 11.7. The Morgan fingerprint density at radius 2 is 1.69 bits per heavy atom. The molecule has 3 rings (SSSR count). The van der Waals surface area contributed by atoms with Gasteiger partial charge in [-0.15, -0.1) is 0 Å². The van der Waals surface area contributed by atoms with Crippen LogP contribution >= 0.6 is 7.60 Å². The van der Waals surface area contributed by atoms with Gasteiger partial charge in [0.05, 0.1) is 5.30 Å². The highest BCUT2D eigenvalue weighted by molar-refractivity contribution is 7.60. The van der Waals surface area contributed by atoms with Crippen molar-refractivity contribution in [2.24, 2.45) is 0 Å². The minimum absolute atomic E-state index is 0.0589. The van der Waals surface area contributed by atoms with Crippen LogP contribution in [0.2, 0.25) is 0 Å². The fourth-order valence-electron chi connectivity index (χ4n) is 3.86. The van der Waals surface area contributed by atoms with Crippen LogP contribution in [0.25, 0.3) is 0 Å². The molecule has 0 atom stereocenters. The molecule has 2 N–H and O–H groups in total. The van der Waals surface area contributed by atoms with Gasteiger partial charge < -0.3 is 19.6 Å². The maximum atomic E-state index is 12.6. The molecular weight excluding hydrogens is 387 g/mol. The third-order valence-electron chi connectivity index (χ3n) is 5.52. The standard InChI is InChI=1S/C22H29N2O4P/c1-2-22(25)24(19-6-4-3-5-7-19)20-13-16-23(17-14-20)15-12-18-8-10-21(11-9-18)29(26,27)28/h3-11,20H,2,12-17H2,1H3,(H2,26,27,28). The summed E-state index contributed by atoms with van der Waals surface area (Å²) in [5.74, 6) is 0.166. The van der Waals surface area contributed by atoms with Crippen LogP contribution in [0.3, 0.4) is 0 Å². The highest BCUT2D eigenvalue weighted by Crippen LogP contribution is 2.32. The van der Waals surface area contributed by atoms with E-state index in [0.717, 1.165) is 50.1 Å². The Bertz CT molecular complexity index is 843. The number of hydrogen-bond donors (Lipinski definition) is 2. The lowest BCUT2D eigenvalue weighted by molar-refractivity contribution is -0.119. The summed E-state index contributed by atoms with van der Waals surface area (Å²) in [6, 6.07) is 16.7. The van der Waals surface area contributed by atoms with E-state index in [9.17, 15) is 19.1 Å². The second-order valence-electron chi connectivity index (χ2n) is 7.49. The first-order chi connectivity index (χ1) is 13.9. The molecule has 0 bridgehead atoms. The van der Waals surface area contributed by atoms with Crippen molar-refractivity contribution in [1.29, 1.82) is 0 Å². The van der Waals surface area contributed by atoms with Crippen LogP contribution < -0.4 is 10.2 Å². The van der Waals surface area contributed by atoms with Gasteiger partial charge in [0.1, 0.15) is 0 Å². The molecule has 7 heteroatoms. The summed E-state index contributed by atoms with van der Waals surface area (Å²) in [6.45, 7) is 4.68. The summed E-state index contributed by atoms with van der Waals surface area (Å²) < 4.78 is 11.3. The van der Waals surface area contributed by atoms with Crippen molar-refractivity contribution in [2.75, 3.05) is 24.5 Å². The van der Waals surface area contributed by atoms with Gasteiger partial charge in [-0.1, -0.05) is 37.3 Å². The Morgan fingerprint density at radius 1 is 1.07 bits per heavy atom. The van der Waals surface area contributed by atoms with Crippen molar-refractivity contribution >= 4 is 24.5 Å². The molecule has 2 aromatic carbocycles. The predicted molar refractivity (Wildman–Crippen MR) is 116 cm³/mol. The summed E-state index contributed by atoms with van der Waals surface area (Å²) >= 11 is 0. The van der Waals surface area contributed by atoms with Crippen LogP contribution in [0.5, 0.6) is 0 Å². The lowest BCUT2D eigenvalue weighted by Crippen LogP contribution is -2.47. The van der Waals surface area contributed by atoms with Gasteiger partial charge in [-0.05, 0) is 49.1 Å². The van der Waals surface area contributed by atoms with Gasteiger partial charge >= 0.3 is 7.60 Å². The molecule has 1 aliphatic rings. The second-order valence-corrected chi connectivity index (χ2v) is 9.09. The summed E-state index contributed by atoms with van der Waals surface area (Å²) in [4.78, 5) is 35.3. The van der Waals surface area contributed by atoms with Crippen LogP contribution in [0.1, 0.15) is 31.7 Å². The molecule has 2 aromatic rings. The molecule has 0 saturated carbocycles. The zero-order valence-corrected chi connectivity index (χ0v) is 17.7. The molecule has 0 aliphatic carbocycles. The highest BCUT2D eigenvalue weighted by Gasteiger charge is 2.28. The lowest BCUT2D eigenvalue weighted by atomic mass is 10.0. The molecule has 0 aromatic heterocycles. The number of nitrogens with zero attached hydrogens (tertiary/aromatic N) is 2. The molecule has 1 aliphatic heterocycles. The minimum atomic E-state index is -4.18. The maximum absolute atomic E-state index is 12.6. The van der Waals surface area contributed by atoms with Gasteiger partial charge in [0.25, 0.3) is 0 Å². The Labute approximate surface area is 172 Å². The van der Waals surface area contributed by atoms with E-state index in [1.54, 1.807) is 12.1 Å². The van der Waals surface area contributed by atoms with E-state index in [-0.39, 0.29) is 17.3 Å². The van der Waals surface area contributed by atoms with Gasteiger partial charge in [-0.3, -0.25) is 9.36 Å². The number of carbonyl (C=O) groups is 1. The molecule has 0 radical (unpaired) electrons. The molecule has 1 saturated heterocycles. The average molecular weight is 416 g/mol. The molecule has 1 amide bonds. The van der Waals surface area contributed by atoms with E-state index < -0.39 is 7.60 Å². The van der Waals surface area contributed by atoms with E-state index in [0.29, 0.717) is 6.42 Å². The number of benzene rings is 2. The Kier molecular flexibility index (Phi) is 7.25. The largest absolute Gasteiger partial charge is 0.356 e. The molecule has 156 valence electrons. The van der Waals surface area contributed by atoms with E-state index in [4.69, 9.17) is 0 Å². The number of carbonyl (C=O) groups excluding carboxylic acids is 1. The van der Waals surface area contributed by atoms with Crippen molar-refractivity contribution in [3.8, 4) is 0 Å². The van der Waals surface area contributed by atoms with Crippen molar-refractivity contribution in [1.82, 2.24) is 4.90 Å². The van der Waals surface area contributed by atoms with Crippen molar-refractivity contribution in [2.45, 2.75) is 38.6 Å². The fourth-order valence-corrected chi connectivity index (χ4v) is 4.40. The van der Waals surface area contributed by atoms with Crippen LogP contribution in [-0.2, 0) is 15.8 Å². The van der Waals surface area contributed by atoms with E-state index in [2.05, 4.69) is 4.90 Å². The summed E-state index contributed by atoms with van der Waals surface area (Å²) in [7, 11) is -4.18. The number of hydrogen-bond acceptors (Lipinski definition) is 3. The molecule has 1 heterocycles. The number of anilines is 1. The molecule has 0 unspecified atom stereocenters. The predicted octanol–water partition coefficient (Wildman–Crippen LogP) is 2.94. The van der Waals surface area contributed by atoms with Crippen molar-refractivity contribution < 1.29 is 19.1 Å². The van der Waals surface area contributed by atoms with Crippen LogP contribution in [0, 0.1) is 0 Å². The Morgan fingerprint density at radius 3 is 2.24 bits per heavy atom. The van der Waals surface area contributed by atoms with Gasteiger partial charge in [0, 0.05) is 37.8 Å². The van der Waals surface area contributed by atoms with Gasteiger partial charge in [0.2, 0.25) is 5.91 Å². The number of amides is 1. The van der Waals surface area contributed by atoms with Gasteiger partial charge in [-0.2, -0.15) is 0 Å². The van der Waals surface area contributed by atoms with E-state index >= 15 is 0 Å². The molecule has 0 spiro atoms. The Hall–Kier alpha value is -1.98. The molecular formula is C22H29N2O4P. The quantitative estimate of drug-likeness (QED) is 0.679. The fraction of sp³-hybridized carbons (Fsp3) is 0.409. The summed E-state index contributed by atoms with van der Waals surface area (Å²) in [5, 5.41) is 0.0589. The Balaban J connectivity index is 1.54. The molecule has 1 fully saturated rings. The average Bonchev–Trinajstić information content (AvgIpc) is 2.73. The second kappa shape index (κ2) is 9.68. The number of likely N-dealkylation sites (tertiary alicyclic amines) is 1. The zero-order chi connectivity index (χ0) is 20.9. The summed E-state index contributed by atoms with van der Waals surface area (Å²) in [5.41, 5.74) is 2.04. The van der Waals surface area contributed by atoms with Crippen molar-refractivity contribution in [3.05, 3.63) is 60.2 Å². The monoisotopic (exact) mass is 416 g/mol. The molecule has 6 nitrogen and oxygen atoms in total. The third kappa shape index (κ3) is 5.77. The number of piperidine rings is 1. The van der Waals surface area contributed by atoms with Crippen LogP contribution in [0.15, 0.2) is 54.6 Å². The first kappa shape index (κ1) is 21.7. The maximum Gasteiger partial charge on any atom is 0.356 e. The topological polar surface area (TPSA) is 81.1 Å². The van der Waals surface area contributed by atoms with E-state index in [1.807, 2.05) is 42.2 Å². The SMILES string of the molecule is CCC(=O)N(c1ccccc1)C1CCN(CCc2ccc(P(=O)(O)O)cc2)CC1. The smallest absolute Gasteiger partial charge is 0.321 e. The van der Waals surface area contributed by atoms with Gasteiger partial charge in [-0.25, -0.2) is 0 Å². The van der Waals surface area contributed by atoms with Crippen LogP contribution in [0.4, 0.5) is 5.69 Å². The normalized spacial score (nSPS) is 16.0. The molecule has 29 heavy (non-hydrogen) atoms. The zero-order valence-electron chi connectivity index (χ0n) is 16.8. The van der Waals surface area contributed by atoms with E-state index in [1.165, 1.54) is 12.1 Å². The van der Waals surface area contributed by atoms with Crippen molar-refractivity contribution in [3.63, 3.8) is 0 Å². The summed E-state index contributed by atoms with van der Waals surface area (Å²) in [6.07, 6.45) is 3.22. The minimum Gasteiger partial charge on any atom is -0.321 e. The third-order valence-corrected chi connectivity index (χ3v) is 6.49. The lowest BCUT2D eigenvalue weighted by Gasteiger charge is -2.38. The van der Waals surface area contributed by atoms with Crippen LogP contribution in [-0.4, -0.2) is 46.3 Å². The number of para-hydroxylation sites is 1.